The highest BCUT2D eigenvalue weighted by Gasteiger charge is 2.22. The first-order valence-corrected chi connectivity index (χ1v) is 7.36. The Kier molecular flexibility index (Phi) is 4.75. The lowest BCUT2D eigenvalue weighted by atomic mass is 10.0. The van der Waals surface area contributed by atoms with Crippen LogP contribution in [-0.4, -0.2) is 22.6 Å². The van der Waals surface area contributed by atoms with Gasteiger partial charge in [-0.2, -0.15) is 0 Å². The average Bonchev–Trinajstić information content (AvgIpc) is 2.43. The summed E-state index contributed by atoms with van der Waals surface area (Å²) >= 11 is 5.47. The standard InChI is InChI=1S/C15H21FN2S/c1-3-13-6-4-5-9-18(13)15(19)17-12-8-7-11(2)14(16)10-12/h7-8,10,13H,3-6,9H2,1-2H3,(H,17,19)/t13-/m0/s1. The molecule has 19 heavy (non-hydrogen) atoms. The Hall–Kier alpha value is -1.16. The number of anilines is 1. The fourth-order valence-corrected chi connectivity index (χ4v) is 2.92. The number of halogens is 1. The van der Waals surface area contributed by atoms with Crippen LogP contribution in [0.2, 0.25) is 0 Å². The monoisotopic (exact) mass is 280 g/mol. The molecule has 4 heteroatoms. The number of hydrogen-bond acceptors (Lipinski definition) is 1. The first kappa shape index (κ1) is 14.3. The lowest BCUT2D eigenvalue weighted by Crippen LogP contribution is -2.45. The summed E-state index contributed by atoms with van der Waals surface area (Å²) in [4.78, 5) is 2.25. The summed E-state index contributed by atoms with van der Waals surface area (Å²) in [6.45, 7) is 4.95. The van der Waals surface area contributed by atoms with Crippen molar-refractivity contribution in [3.8, 4) is 0 Å². The number of thiocarbonyl (C=S) groups is 1. The maximum Gasteiger partial charge on any atom is 0.173 e. The Morgan fingerprint density at radius 2 is 2.26 bits per heavy atom. The van der Waals surface area contributed by atoms with E-state index in [1.54, 1.807) is 13.0 Å². The van der Waals surface area contributed by atoms with E-state index >= 15 is 0 Å². The van der Waals surface area contributed by atoms with Crippen molar-refractivity contribution in [2.75, 3.05) is 11.9 Å². The molecule has 0 amide bonds. The number of nitrogens with zero attached hydrogens (tertiary/aromatic N) is 1. The van der Waals surface area contributed by atoms with Crippen LogP contribution in [0.1, 0.15) is 38.2 Å². The molecule has 1 N–H and O–H groups in total. The third-order valence-electron chi connectivity index (χ3n) is 3.78. The molecule has 1 heterocycles. The fourth-order valence-electron chi connectivity index (χ4n) is 2.56. The number of piperidine rings is 1. The molecule has 0 radical (unpaired) electrons. The highest BCUT2D eigenvalue weighted by Crippen LogP contribution is 2.21. The van der Waals surface area contributed by atoms with Crippen molar-refractivity contribution in [2.24, 2.45) is 0 Å². The van der Waals surface area contributed by atoms with Crippen LogP contribution in [0.4, 0.5) is 10.1 Å². The molecular formula is C15H21FN2S. The largest absolute Gasteiger partial charge is 0.346 e. The van der Waals surface area contributed by atoms with Crippen LogP contribution in [0.3, 0.4) is 0 Å². The second-order valence-corrected chi connectivity index (χ2v) is 5.53. The van der Waals surface area contributed by atoms with E-state index in [4.69, 9.17) is 12.2 Å². The third kappa shape index (κ3) is 3.44. The summed E-state index contributed by atoms with van der Waals surface area (Å²) < 4.78 is 13.5. The number of nitrogens with one attached hydrogen (secondary N) is 1. The molecular weight excluding hydrogens is 259 g/mol. The van der Waals surface area contributed by atoms with E-state index < -0.39 is 0 Å². The van der Waals surface area contributed by atoms with Gasteiger partial charge in [0.15, 0.2) is 5.11 Å². The van der Waals surface area contributed by atoms with E-state index in [0.717, 1.165) is 23.8 Å². The number of aryl methyl sites for hydroxylation is 1. The van der Waals surface area contributed by atoms with Crippen molar-refractivity contribution in [3.05, 3.63) is 29.6 Å². The second-order valence-electron chi connectivity index (χ2n) is 5.15. The number of benzene rings is 1. The molecule has 0 saturated carbocycles. The van der Waals surface area contributed by atoms with Gasteiger partial charge >= 0.3 is 0 Å². The van der Waals surface area contributed by atoms with Crippen molar-refractivity contribution in [1.29, 1.82) is 0 Å². The molecule has 0 aliphatic carbocycles. The molecule has 1 saturated heterocycles. The predicted octanol–water partition coefficient (Wildman–Crippen LogP) is 4.10. The van der Waals surface area contributed by atoms with Crippen LogP contribution in [0.5, 0.6) is 0 Å². The molecule has 1 aromatic carbocycles. The number of likely N-dealkylation sites (tertiary alicyclic amines) is 1. The summed E-state index contributed by atoms with van der Waals surface area (Å²) in [6, 6.07) is 5.67. The SMILES string of the molecule is CC[C@H]1CCCCN1C(=S)Nc1ccc(C)c(F)c1. The summed E-state index contributed by atoms with van der Waals surface area (Å²) in [6.07, 6.45) is 4.75. The smallest absolute Gasteiger partial charge is 0.173 e. The van der Waals surface area contributed by atoms with Gasteiger partial charge in [-0.05, 0) is 62.5 Å². The zero-order valence-electron chi connectivity index (χ0n) is 11.6. The van der Waals surface area contributed by atoms with Crippen LogP contribution in [0.25, 0.3) is 0 Å². The Morgan fingerprint density at radius 1 is 1.47 bits per heavy atom. The van der Waals surface area contributed by atoms with Gasteiger partial charge in [0.05, 0.1) is 0 Å². The van der Waals surface area contributed by atoms with Gasteiger partial charge in [-0.3, -0.25) is 0 Å². The van der Waals surface area contributed by atoms with Crippen molar-refractivity contribution in [2.45, 2.75) is 45.6 Å². The maximum absolute atomic E-state index is 13.5. The van der Waals surface area contributed by atoms with Gasteiger partial charge in [-0.25, -0.2) is 4.39 Å². The molecule has 1 aliphatic rings. The minimum Gasteiger partial charge on any atom is -0.346 e. The molecule has 0 bridgehead atoms. The van der Waals surface area contributed by atoms with E-state index in [0.29, 0.717) is 11.6 Å². The first-order valence-electron chi connectivity index (χ1n) is 6.95. The number of hydrogen-bond donors (Lipinski definition) is 1. The highest BCUT2D eigenvalue weighted by atomic mass is 32.1. The fraction of sp³-hybridized carbons (Fsp3) is 0.533. The van der Waals surface area contributed by atoms with Crippen molar-refractivity contribution < 1.29 is 4.39 Å². The Morgan fingerprint density at radius 3 is 2.95 bits per heavy atom. The van der Waals surface area contributed by atoms with Crippen LogP contribution >= 0.6 is 12.2 Å². The molecule has 104 valence electrons. The predicted molar refractivity (Wildman–Crippen MR) is 82.0 cm³/mol. The van der Waals surface area contributed by atoms with Gasteiger partial charge in [0.1, 0.15) is 5.82 Å². The molecule has 0 aromatic heterocycles. The lowest BCUT2D eigenvalue weighted by Gasteiger charge is -2.37. The second kappa shape index (κ2) is 6.33. The normalized spacial score (nSPS) is 19.3. The zero-order chi connectivity index (χ0) is 13.8. The molecule has 1 aromatic rings. The molecule has 1 fully saturated rings. The first-order chi connectivity index (χ1) is 9.11. The topological polar surface area (TPSA) is 15.3 Å². The molecule has 2 nitrogen and oxygen atoms in total. The van der Waals surface area contributed by atoms with Gasteiger partial charge in [-0.1, -0.05) is 13.0 Å². The Balaban J connectivity index is 2.05. The minimum absolute atomic E-state index is 0.196. The van der Waals surface area contributed by atoms with Gasteiger partial charge < -0.3 is 10.2 Å². The summed E-state index contributed by atoms with van der Waals surface area (Å²) in [5.41, 5.74) is 1.38. The zero-order valence-corrected chi connectivity index (χ0v) is 12.4. The van der Waals surface area contributed by atoms with Crippen LogP contribution in [0.15, 0.2) is 18.2 Å². The van der Waals surface area contributed by atoms with Gasteiger partial charge in [0.2, 0.25) is 0 Å². The number of rotatable bonds is 2. The van der Waals surface area contributed by atoms with E-state index in [1.165, 1.54) is 25.3 Å². The van der Waals surface area contributed by atoms with Crippen molar-refractivity contribution in [3.63, 3.8) is 0 Å². The molecule has 1 aliphatic heterocycles. The van der Waals surface area contributed by atoms with E-state index in [2.05, 4.69) is 17.1 Å². The molecule has 1 atom stereocenters. The molecule has 2 rings (SSSR count). The summed E-state index contributed by atoms with van der Waals surface area (Å²) in [5, 5.41) is 3.88. The van der Waals surface area contributed by atoms with E-state index in [9.17, 15) is 4.39 Å². The van der Waals surface area contributed by atoms with Crippen LogP contribution in [-0.2, 0) is 0 Å². The Bertz CT molecular complexity index is 461. The van der Waals surface area contributed by atoms with Gasteiger partial charge in [0.25, 0.3) is 0 Å². The summed E-state index contributed by atoms with van der Waals surface area (Å²) in [7, 11) is 0. The van der Waals surface area contributed by atoms with E-state index in [-0.39, 0.29) is 5.82 Å². The van der Waals surface area contributed by atoms with Gasteiger partial charge in [-0.15, -0.1) is 0 Å². The quantitative estimate of drug-likeness (QED) is 0.821. The van der Waals surface area contributed by atoms with Crippen molar-refractivity contribution >= 4 is 23.0 Å². The average molecular weight is 280 g/mol. The third-order valence-corrected chi connectivity index (χ3v) is 4.12. The summed E-state index contributed by atoms with van der Waals surface area (Å²) in [5.74, 6) is -0.196. The Labute approximate surface area is 120 Å². The highest BCUT2D eigenvalue weighted by molar-refractivity contribution is 7.80. The lowest BCUT2D eigenvalue weighted by molar-refractivity contribution is 0.239. The molecule has 0 unspecified atom stereocenters. The van der Waals surface area contributed by atoms with Crippen LogP contribution in [0, 0.1) is 12.7 Å². The maximum atomic E-state index is 13.5. The minimum atomic E-state index is -0.196. The van der Waals surface area contributed by atoms with E-state index in [1.807, 2.05) is 6.07 Å². The van der Waals surface area contributed by atoms with Gasteiger partial charge in [0, 0.05) is 18.3 Å². The van der Waals surface area contributed by atoms with Crippen molar-refractivity contribution in [1.82, 2.24) is 4.90 Å². The molecule has 0 spiro atoms. The van der Waals surface area contributed by atoms with Crippen LogP contribution < -0.4 is 5.32 Å².